The van der Waals surface area contributed by atoms with Crippen molar-refractivity contribution in [2.24, 2.45) is 0 Å². The summed E-state index contributed by atoms with van der Waals surface area (Å²) in [6, 6.07) is 4.06. The Labute approximate surface area is 103 Å². The molecule has 0 aromatic heterocycles. The van der Waals surface area contributed by atoms with Crippen molar-refractivity contribution in [3.63, 3.8) is 0 Å². The molecule has 0 spiro atoms. The zero-order chi connectivity index (χ0) is 9.35. The summed E-state index contributed by atoms with van der Waals surface area (Å²) in [5.41, 5.74) is 5.12. The van der Waals surface area contributed by atoms with Crippen LogP contribution in [0, 0.1) is 0 Å². The molecule has 13 heavy (non-hydrogen) atoms. The quantitative estimate of drug-likeness (QED) is 0.338. The first-order chi connectivity index (χ1) is 5.43. The third-order valence-electron chi connectivity index (χ3n) is 1.25. The van der Waals surface area contributed by atoms with Gasteiger partial charge in [0, 0.05) is 0 Å². The summed E-state index contributed by atoms with van der Waals surface area (Å²) in [4.78, 5) is -0.549. The van der Waals surface area contributed by atoms with Crippen molar-refractivity contribution in [3.05, 3.63) is 23.2 Å². The number of nitrogens with two attached hydrogens (primary N) is 1. The van der Waals surface area contributed by atoms with E-state index in [-0.39, 0.29) is 40.3 Å². The predicted molar refractivity (Wildman–Crippen MR) is 43.8 cm³/mol. The summed E-state index contributed by atoms with van der Waals surface area (Å²) in [5.74, 6) is 0. The molecule has 0 heterocycles. The number of benzene rings is 1. The average molecular weight is 230 g/mol. The Morgan fingerprint density at radius 3 is 2.23 bits per heavy atom. The van der Waals surface area contributed by atoms with Gasteiger partial charge in [0.25, 0.3) is 0 Å². The molecule has 0 saturated heterocycles. The topological polar surface area (TPSA) is 83.2 Å². The second-order valence-electron chi connectivity index (χ2n) is 2.11. The molecule has 1 aromatic carbocycles. The van der Waals surface area contributed by atoms with E-state index in [4.69, 9.17) is 17.3 Å². The second-order valence-corrected chi connectivity index (χ2v) is 3.84. The molecule has 1 rings (SSSR count). The van der Waals surface area contributed by atoms with Crippen molar-refractivity contribution >= 4 is 27.4 Å². The minimum Gasteiger partial charge on any atom is -0.744 e. The van der Waals surface area contributed by atoms with Gasteiger partial charge in [-0.3, -0.25) is 0 Å². The van der Waals surface area contributed by atoms with E-state index >= 15 is 0 Å². The number of halogens is 1. The van der Waals surface area contributed by atoms with Gasteiger partial charge in [-0.25, -0.2) is 8.42 Å². The van der Waals surface area contributed by atoms with Crippen molar-refractivity contribution in [2.45, 2.75) is 4.90 Å². The van der Waals surface area contributed by atoms with Gasteiger partial charge in [0.05, 0.1) is 15.6 Å². The van der Waals surface area contributed by atoms with Crippen LogP contribution < -0.4 is 35.3 Å². The molecule has 0 fully saturated rings. The van der Waals surface area contributed by atoms with E-state index < -0.39 is 15.0 Å². The van der Waals surface area contributed by atoms with E-state index in [1.54, 1.807) is 0 Å². The Balaban J connectivity index is 0.00000144. The maximum atomic E-state index is 10.6. The largest absolute Gasteiger partial charge is 1.00 e. The summed E-state index contributed by atoms with van der Waals surface area (Å²) in [6.45, 7) is 0. The van der Waals surface area contributed by atoms with Crippen LogP contribution in [0.15, 0.2) is 23.1 Å². The van der Waals surface area contributed by atoms with Gasteiger partial charge in [0.1, 0.15) is 10.1 Å². The zero-order valence-electron chi connectivity index (χ0n) is 6.82. The number of hydrogen-bond acceptors (Lipinski definition) is 4. The van der Waals surface area contributed by atoms with Crippen LogP contribution >= 0.6 is 11.6 Å². The number of nitrogen functional groups attached to an aromatic ring is 1. The molecule has 1 aromatic rings. The van der Waals surface area contributed by atoms with Crippen molar-refractivity contribution in [1.82, 2.24) is 0 Å². The smallest absolute Gasteiger partial charge is 0.744 e. The van der Waals surface area contributed by atoms with Gasteiger partial charge in [0.15, 0.2) is 0 Å². The van der Waals surface area contributed by atoms with Crippen molar-refractivity contribution in [3.8, 4) is 0 Å². The van der Waals surface area contributed by atoms with Gasteiger partial charge in [-0.1, -0.05) is 17.7 Å². The van der Waals surface area contributed by atoms with Gasteiger partial charge < -0.3 is 10.3 Å². The summed E-state index contributed by atoms with van der Waals surface area (Å²) >= 11 is 5.45. The summed E-state index contributed by atoms with van der Waals surface area (Å²) < 4.78 is 31.7. The van der Waals surface area contributed by atoms with Crippen LogP contribution in [-0.4, -0.2) is 13.0 Å². The molecular weight excluding hydrogens is 225 g/mol. The predicted octanol–water partition coefficient (Wildman–Crippen LogP) is -2.17. The molecule has 0 amide bonds. The maximum Gasteiger partial charge on any atom is 1.00 e. The molecule has 2 N–H and O–H groups in total. The molecular formula is C6H5ClNNaO3S. The molecule has 7 heteroatoms. The maximum absolute atomic E-state index is 10.6. The molecule has 0 atom stereocenters. The van der Waals surface area contributed by atoms with E-state index in [1.165, 1.54) is 18.2 Å². The zero-order valence-corrected chi connectivity index (χ0v) is 10.4. The third-order valence-corrected chi connectivity index (χ3v) is 2.63. The molecule has 0 aliphatic rings. The van der Waals surface area contributed by atoms with Crippen LogP contribution in [0.4, 0.5) is 5.69 Å². The third kappa shape index (κ3) is 3.12. The van der Waals surface area contributed by atoms with Crippen molar-refractivity contribution in [1.29, 1.82) is 0 Å². The Morgan fingerprint density at radius 1 is 1.38 bits per heavy atom. The number of rotatable bonds is 1. The van der Waals surface area contributed by atoms with Crippen LogP contribution in [-0.2, 0) is 10.1 Å². The van der Waals surface area contributed by atoms with Crippen LogP contribution in [0.3, 0.4) is 0 Å². The summed E-state index contributed by atoms with van der Waals surface area (Å²) in [6.07, 6.45) is 0. The van der Waals surface area contributed by atoms with Gasteiger partial charge in [-0.05, 0) is 12.1 Å². The Hall–Kier alpha value is 0.220. The molecule has 0 aliphatic heterocycles. The van der Waals surface area contributed by atoms with E-state index in [9.17, 15) is 13.0 Å². The van der Waals surface area contributed by atoms with Gasteiger partial charge in [-0.15, -0.1) is 0 Å². The monoisotopic (exact) mass is 229 g/mol. The van der Waals surface area contributed by atoms with Crippen molar-refractivity contribution in [2.75, 3.05) is 5.73 Å². The van der Waals surface area contributed by atoms with Crippen LogP contribution in [0.25, 0.3) is 0 Å². The first-order valence-electron chi connectivity index (χ1n) is 2.93. The van der Waals surface area contributed by atoms with E-state index in [2.05, 4.69) is 0 Å². The van der Waals surface area contributed by atoms with Crippen molar-refractivity contribution < 1.29 is 42.5 Å². The van der Waals surface area contributed by atoms with E-state index in [0.717, 1.165) is 0 Å². The normalized spacial score (nSPS) is 10.6. The fourth-order valence-corrected chi connectivity index (χ4v) is 1.92. The second kappa shape index (κ2) is 4.63. The van der Waals surface area contributed by atoms with Gasteiger partial charge in [0.2, 0.25) is 0 Å². The molecule has 0 aliphatic carbocycles. The number of hydrogen-bond donors (Lipinski definition) is 1. The first kappa shape index (κ1) is 13.2. The molecule has 0 radical (unpaired) electrons. The fraction of sp³-hybridized carbons (Fsp3) is 0. The molecule has 66 valence electrons. The Kier molecular flexibility index (Phi) is 4.71. The minimum atomic E-state index is -4.57. The molecule has 0 unspecified atom stereocenters. The number of anilines is 1. The van der Waals surface area contributed by atoms with Gasteiger partial charge >= 0.3 is 29.6 Å². The fourth-order valence-electron chi connectivity index (χ4n) is 0.789. The minimum absolute atomic E-state index is 0. The standard InChI is InChI=1S/C6H6ClNO3S.Na/c7-4-2-1-3-5(8)6(4)12(9,10)11;/h1-3H,8H2,(H,9,10,11);/q;+1/p-1. The first-order valence-corrected chi connectivity index (χ1v) is 4.71. The Morgan fingerprint density at radius 2 is 1.92 bits per heavy atom. The van der Waals surface area contributed by atoms with Crippen LogP contribution in [0.2, 0.25) is 5.02 Å². The SMILES string of the molecule is Nc1cccc(Cl)c1S(=O)(=O)[O-].[Na+]. The Bertz CT molecular complexity index is 386. The molecule has 0 saturated carbocycles. The molecule has 4 nitrogen and oxygen atoms in total. The van der Waals surface area contributed by atoms with Crippen LogP contribution in [0.5, 0.6) is 0 Å². The molecule has 0 bridgehead atoms. The summed E-state index contributed by atoms with van der Waals surface area (Å²) in [7, 11) is -4.57. The average Bonchev–Trinajstić information content (AvgIpc) is 1.82. The van der Waals surface area contributed by atoms with E-state index in [0.29, 0.717) is 0 Å². The summed E-state index contributed by atoms with van der Waals surface area (Å²) in [5, 5.41) is -0.148. The van der Waals surface area contributed by atoms with Crippen LogP contribution in [0.1, 0.15) is 0 Å². The van der Waals surface area contributed by atoms with Gasteiger partial charge in [-0.2, -0.15) is 0 Å². The van der Waals surface area contributed by atoms with E-state index in [1.807, 2.05) is 0 Å².